The first kappa shape index (κ1) is 43.1. The van der Waals surface area contributed by atoms with Crippen molar-refractivity contribution in [3.8, 4) is 89.3 Å². The number of rotatable bonds is 9. The largest absolute Gasteiger partial charge is 0.309 e. The van der Waals surface area contributed by atoms with Crippen LogP contribution in [0.5, 0.6) is 0 Å². The number of hydrogen-bond acceptors (Lipinski definition) is 0. The van der Waals surface area contributed by atoms with E-state index in [1.165, 1.54) is 105 Å². The van der Waals surface area contributed by atoms with E-state index in [4.69, 9.17) is 0 Å². The molecule has 0 fully saturated rings. The SMILES string of the molecule is c1ccc(-c2ccc(-n3c4ccccc4c4cc(-c5ccc6c(c5)c5c(-c7ccccc7)c(-c7ccccc7)c(-c7ccccc7)c(-c7ccccc7)c5n6-c5cccc(-c6ccccc6)c5)ccc43)cc2)cc1. The van der Waals surface area contributed by atoms with Gasteiger partial charge < -0.3 is 9.13 Å². The minimum Gasteiger partial charge on any atom is -0.309 e. The van der Waals surface area contributed by atoms with Crippen LogP contribution in [-0.2, 0) is 0 Å². The van der Waals surface area contributed by atoms with Crippen LogP contribution in [0, 0.1) is 0 Å². The highest BCUT2D eigenvalue weighted by Crippen LogP contribution is 2.54. The Morgan fingerprint density at radius 1 is 0.189 bits per heavy atom. The second-order valence-electron chi connectivity index (χ2n) is 19.2. The van der Waals surface area contributed by atoms with E-state index in [0.29, 0.717) is 0 Å². The zero-order valence-corrected chi connectivity index (χ0v) is 40.6. The molecule has 2 aromatic heterocycles. The molecule has 0 aliphatic carbocycles. The fraction of sp³-hybridized carbons (Fsp3) is 0. The Balaban J connectivity index is 1.09. The van der Waals surface area contributed by atoms with Crippen molar-refractivity contribution in [2.24, 2.45) is 0 Å². The Labute approximate surface area is 431 Å². The molecule has 0 unspecified atom stereocenters. The van der Waals surface area contributed by atoms with Gasteiger partial charge in [0.25, 0.3) is 0 Å². The lowest BCUT2D eigenvalue weighted by Crippen LogP contribution is -2.01. The van der Waals surface area contributed by atoms with Gasteiger partial charge in [0.15, 0.2) is 0 Å². The first-order valence-corrected chi connectivity index (χ1v) is 25.5. The van der Waals surface area contributed by atoms with Gasteiger partial charge in [-0.05, 0) is 116 Å². The van der Waals surface area contributed by atoms with Crippen LogP contribution in [-0.4, -0.2) is 9.13 Å². The van der Waals surface area contributed by atoms with E-state index in [0.717, 1.165) is 28.0 Å². The van der Waals surface area contributed by atoms with Crippen molar-refractivity contribution >= 4 is 43.6 Å². The normalized spacial score (nSPS) is 11.5. The molecule has 0 saturated carbocycles. The summed E-state index contributed by atoms with van der Waals surface area (Å²) in [7, 11) is 0. The highest BCUT2D eigenvalue weighted by atomic mass is 15.0. The highest BCUT2D eigenvalue weighted by Gasteiger charge is 2.29. The van der Waals surface area contributed by atoms with Crippen LogP contribution in [0.1, 0.15) is 0 Å². The summed E-state index contributed by atoms with van der Waals surface area (Å²) in [5.41, 5.74) is 23.5. The Hall–Kier alpha value is -9.76. The number of hydrogen-bond donors (Lipinski definition) is 0. The molecule has 0 aliphatic rings. The maximum Gasteiger partial charge on any atom is 0.0632 e. The zero-order chi connectivity index (χ0) is 49.0. The summed E-state index contributed by atoms with van der Waals surface area (Å²) >= 11 is 0. The quantitative estimate of drug-likeness (QED) is 0.136. The predicted octanol–water partition coefficient (Wildman–Crippen LogP) is 19.5. The van der Waals surface area contributed by atoms with Gasteiger partial charge in [-0.3, -0.25) is 0 Å². The summed E-state index contributed by atoms with van der Waals surface area (Å²) in [5, 5.41) is 4.86. The molecule has 12 aromatic carbocycles. The van der Waals surface area contributed by atoms with Gasteiger partial charge in [-0.2, -0.15) is 0 Å². The summed E-state index contributed by atoms with van der Waals surface area (Å²) in [4.78, 5) is 0. The van der Waals surface area contributed by atoms with Gasteiger partial charge >= 0.3 is 0 Å². The fourth-order valence-corrected chi connectivity index (χ4v) is 11.6. The second kappa shape index (κ2) is 18.1. The van der Waals surface area contributed by atoms with Crippen LogP contribution >= 0.6 is 0 Å². The van der Waals surface area contributed by atoms with Gasteiger partial charge in [-0.1, -0.05) is 237 Å². The first-order chi connectivity index (χ1) is 36.7. The van der Waals surface area contributed by atoms with Crippen LogP contribution < -0.4 is 0 Å². The average Bonchev–Trinajstić information content (AvgIpc) is 4.08. The molecular formula is C72H48N2. The minimum atomic E-state index is 1.10. The molecule has 14 rings (SSSR count). The van der Waals surface area contributed by atoms with Crippen molar-refractivity contribution in [1.82, 2.24) is 9.13 Å². The molecule has 0 atom stereocenters. The van der Waals surface area contributed by atoms with E-state index in [-0.39, 0.29) is 0 Å². The number of aromatic nitrogens is 2. The molecule has 346 valence electrons. The molecule has 14 aromatic rings. The summed E-state index contributed by atoms with van der Waals surface area (Å²) in [6.45, 7) is 0. The third-order valence-corrected chi connectivity index (χ3v) is 14.9. The van der Waals surface area contributed by atoms with Gasteiger partial charge in [0.05, 0.1) is 22.1 Å². The molecule has 74 heavy (non-hydrogen) atoms. The van der Waals surface area contributed by atoms with Crippen LogP contribution in [0.25, 0.3) is 133 Å². The van der Waals surface area contributed by atoms with Gasteiger partial charge in [0.1, 0.15) is 0 Å². The van der Waals surface area contributed by atoms with Crippen molar-refractivity contribution in [2.75, 3.05) is 0 Å². The molecule has 0 saturated heterocycles. The number of para-hydroxylation sites is 1. The Bertz CT molecular complexity index is 4350. The Morgan fingerprint density at radius 3 is 1.14 bits per heavy atom. The average molecular weight is 941 g/mol. The maximum atomic E-state index is 2.55. The lowest BCUT2D eigenvalue weighted by atomic mass is 9.80. The molecule has 0 bridgehead atoms. The molecule has 2 heteroatoms. The van der Waals surface area contributed by atoms with E-state index in [2.05, 4.69) is 300 Å². The van der Waals surface area contributed by atoms with Crippen LogP contribution in [0.4, 0.5) is 0 Å². The van der Waals surface area contributed by atoms with Gasteiger partial charge in [-0.15, -0.1) is 0 Å². The molecule has 0 amide bonds. The van der Waals surface area contributed by atoms with Crippen LogP contribution in [0.2, 0.25) is 0 Å². The molecule has 2 heterocycles. The minimum absolute atomic E-state index is 1.10. The smallest absolute Gasteiger partial charge is 0.0632 e. The topological polar surface area (TPSA) is 9.86 Å². The lowest BCUT2D eigenvalue weighted by Gasteiger charge is -2.24. The summed E-state index contributed by atoms with van der Waals surface area (Å²) < 4.78 is 4.97. The van der Waals surface area contributed by atoms with Gasteiger partial charge in [-0.25, -0.2) is 0 Å². The summed E-state index contributed by atoms with van der Waals surface area (Å²) in [6, 6.07) is 107. The summed E-state index contributed by atoms with van der Waals surface area (Å²) in [6.07, 6.45) is 0. The van der Waals surface area contributed by atoms with E-state index in [9.17, 15) is 0 Å². The lowest BCUT2D eigenvalue weighted by molar-refractivity contribution is 1.18. The van der Waals surface area contributed by atoms with Crippen molar-refractivity contribution < 1.29 is 0 Å². The van der Waals surface area contributed by atoms with E-state index in [1.807, 2.05) is 0 Å². The zero-order valence-electron chi connectivity index (χ0n) is 40.6. The molecule has 0 radical (unpaired) electrons. The third-order valence-electron chi connectivity index (χ3n) is 14.9. The molecule has 0 spiro atoms. The molecular weight excluding hydrogens is 893 g/mol. The van der Waals surface area contributed by atoms with Crippen molar-refractivity contribution in [1.29, 1.82) is 0 Å². The number of fused-ring (bicyclic) bond motifs is 6. The van der Waals surface area contributed by atoms with Crippen LogP contribution in [0.15, 0.2) is 291 Å². The molecule has 2 nitrogen and oxygen atoms in total. The van der Waals surface area contributed by atoms with Crippen molar-refractivity contribution in [2.45, 2.75) is 0 Å². The van der Waals surface area contributed by atoms with E-state index >= 15 is 0 Å². The monoisotopic (exact) mass is 940 g/mol. The predicted molar refractivity (Wildman–Crippen MR) is 313 cm³/mol. The first-order valence-electron chi connectivity index (χ1n) is 25.5. The number of nitrogens with zero attached hydrogens (tertiary/aromatic N) is 2. The van der Waals surface area contributed by atoms with Crippen molar-refractivity contribution in [3.05, 3.63) is 291 Å². The maximum absolute atomic E-state index is 2.55. The van der Waals surface area contributed by atoms with Crippen molar-refractivity contribution in [3.63, 3.8) is 0 Å². The van der Waals surface area contributed by atoms with Crippen LogP contribution in [0.3, 0.4) is 0 Å². The Morgan fingerprint density at radius 2 is 0.568 bits per heavy atom. The standard InChI is InChI=1S/C72H48N2/c1-7-22-49(23-8-1)51-38-42-59(43-39-51)73-64-37-20-19-36-61(64)62-47-57(40-44-65(62)73)58-41-45-66-63(48-58)71-69(54-30-15-5-16-31-54)67(52-26-11-3-12-27-52)68(53-28-13-4-14-29-53)70(55-32-17-6-18-33-55)72(71)74(66)60-35-21-34-56(46-60)50-24-9-2-10-25-50/h1-48H. The molecule has 0 N–H and O–H groups in total. The number of benzene rings is 12. The molecule has 0 aliphatic heterocycles. The van der Waals surface area contributed by atoms with E-state index in [1.54, 1.807) is 0 Å². The summed E-state index contributed by atoms with van der Waals surface area (Å²) in [5.74, 6) is 0. The van der Waals surface area contributed by atoms with E-state index < -0.39 is 0 Å². The van der Waals surface area contributed by atoms with Gasteiger partial charge in [0, 0.05) is 49.6 Å². The fourth-order valence-electron chi connectivity index (χ4n) is 11.6. The second-order valence-corrected chi connectivity index (χ2v) is 19.2. The van der Waals surface area contributed by atoms with Gasteiger partial charge in [0.2, 0.25) is 0 Å². The third kappa shape index (κ3) is 7.27. The Kier molecular flexibility index (Phi) is 10.6. The highest BCUT2D eigenvalue weighted by molar-refractivity contribution is 6.27.